The lowest BCUT2D eigenvalue weighted by molar-refractivity contribution is -0.140. The van der Waals surface area contributed by atoms with Gasteiger partial charge in [0.25, 0.3) is 0 Å². The zero-order valence-corrected chi connectivity index (χ0v) is 13.1. The van der Waals surface area contributed by atoms with Crippen LogP contribution in [0, 0.1) is 11.8 Å². The SMILES string of the molecule is CC(C)C(=O)C(C)C.CC(C)O.CCOC(C)=O. The van der Waals surface area contributed by atoms with E-state index in [1.54, 1.807) is 20.8 Å². The van der Waals surface area contributed by atoms with Gasteiger partial charge in [0.2, 0.25) is 0 Å². The summed E-state index contributed by atoms with van der Waals surface area (Å²) in [6, 6.07) is 0. The average molecular weight is 262 g/mol. The molecule has 0 aromatic carbocycles. The summed E-state index contributed by atoms with van der Waals surface area (Å²) < 4.78 is 4.40. The molecule has 0 unspecified atom stereocenters. The average Bonchev–Trinajstić information content (AvgIpc) is 2.15. The third-order valence-corrected chi connectivity index (χ3v) is 1.49. The minimum Gasteiger partial charge on any atom is -0.466 e. The second-order valence-corrected chi connectivity index (χ2v) is 4.73. The first-order chi connectivity index (χ1) is 8.06. The summed E-state index contributed by atoms with van der Waals surface area (Å²) in [6.07, 6.45) is -0.167. The van der Waals surface area contributed by atoms with Crippen LogP contribution in [0.25, 0.3) is 0 Å². The van der Waals surface area contributed by atoms with Gasteiger partial charge in [-0.25, -0.2) is 0 Å². The number of rotatable bonds is 3. The highest BCUT2D eigenvalue weighted by molar-refractivity contribution is 5.81. The summed E-state index contributed by atoms with van der Waals surface area (Å²) in [5.41, 5.74) is 0. The Morgan fingerprint density at radius 1 is 1.00 bits per heavy atom. The number of aliphatic hydroxyl groups is 1. The van der Waals surface area contributed by atoms with Crippen LogP contribution in [0.15, 0.2) is 0 Å². The van der Waals surface area contributed by atoms with E-state index in [0.29, 0.717) is 12.4 Å². The van der Waals surface area contributed by atoms with Crippen LogP contribution in [-0.4, -0.2) is 29.6 Å². The minimum atomic E-state index is -0.211. The Hall–Kier alpha value is -0.900. The van der Waals surface area contributed by atoms with Gasteiger partial charge >= 0.3 is 5.97 Å². The van der Waals surface area contributed by atoms with E-state index in [0.717, 1.165) is 0 Å². The number of ether oxygens (including phenoxy) is 1. The van der Waals surface area contributed by atoms with Crippen molar-refractivity contribution in [2.24, 2.45) is 11.8 Å². The summed E-state index contributed by atoms with van der Waals surface area (Å²) in [7, 11) is 0. The van der Waals surface area contributed by atoms with Gasteiger partial charge in [0.05, 0.1) is 6.61 Å². The molecule has 0 aliphatic heterocycles. The molecule has 0 spiro atoms. The molecule has 0 bridgehead atoms. The number of hydrogen-bond acceptors (Lipinski definition) is 4. The molecular weight excluding hydrogens is 232 g/mol. The number of hydrogen-bond donors (Lipinski definition) is 1. The Balaban J connectivity index is -0.000000200. The van der Waals surface area contributed by atoms with E-state index in [2.05, 4.69) is 4.74 Å². The summed E-state index contributed by atoms with van der Waals surface area (Å²) in [6.45, 7) is 14.8. The highest BCUT2D eigenvalue weighted by atomic mass is 16.5. The van der Waals surface area contributed by atoms with E-state index in [9.17, 15) is 9.59 Å². The molecule has 4 nitrogen and oxygen atoms in total. The molecule has 4 heteroatoms. The lowest BCUT2D eigenvalue weighted by Gasteiger charge is -2.05. The van der Waals surface area contributed by atoms with Gasteiger partial charge in [-0.2, -0.15) is 0 Å². The standard InChI is InChI=1S/C7H14O.C4H8O2.C3H8O/c1-5(2)7(8)6(3)4;1-3-6-4(2)5;1-3(2)4/h5-6H,1-4H3;3H2,1-2H3;3-4H,1-2H3. The van der Waals surface area contributed by atoms with Crippen molar-refractivity contribution >= 4 is 11.8 Å². The fraction of sp³-hybridized carbons (Fsp3) is 0.857. The maximum absolute atomic E-state index is 10.8. The van der Waals surface area contributed by atoms with E-state index >= 15 is 0 Å². The highest BCUT2D eigenvalue weighted by Gasteiger charge is 2.09. The second-order valence-electron chi connectivity index (χ2n) is 4.73. The molecule has 0 aromatic rings. The highest BCUT2D eigenvalue weighted by Crippen LogP contribution is 2.03. The molecule has 0 aliphatic rings. The van der Waals surface area contributed by atoms with Crippen molar-refractivity contribution in [3.8, 4) is 0 Å². The van der Waals surface area contributed by atoms with Crippen molar-refractivity contribution in [2.45, 2.75) is 61.5 Å². The second kappa shape index (κ2) is 14.2. The van der Waals surface area contributed by atoms with Gasteiger partial charge in [-0.05, 0) is 20.8 Å². The summed E-state index contributed by atoms with van der Waals surface area (Å²) in [5, 5.41) is 8.06. The molecule has 1 N–H and O–H groups in total. The Morgan fingerprint density at radius 2 is 1.28 bits per heavy atom. The Morgan fingerprint density at radius 3 is 1.28 bits per heavy atom. The zero-order chi connectivity index (χ0) is 15.3. The number of carbonyl (C=O) groups excluding carboxylic acids is 2. The van der Waals surface area contributed by atoms with E-state index in [-0.39, 0.29) is 23.9 Å². The molecule has 0 radical (unpaired) electrons. The van der Waals surface area contributed by atoms with Crippen LogP contribution in [0.1, 0.15) is 55.4 Å². The van der Waals surface area contributed by atoms with E-state index < -0.39 is 0 Å². The van der Waals surface area contributed by atoms with Crippen LogP contribution in [-0.2, 0) is 14.3 Å². The van der Waals surface area contributed by atoms with Crippen molar-refractivity contribution < 1.29 is 19.4 Å². The molecule has 0 rings (SSSR count). The van der Waals surface area contributed by atoms with Crippen molar-refractivity contribution in [1.82, 2.24) is 0 Å². The van der Waals surface area contributed by atoms with Gasteiger partial charge in [-0.15, -0.1) is 0 Å². The predicted octanol–water partition coefficient (Wildman–Crippen LogP) is 2.82. The molecule has 18 heavy (non-hydrogen) atoms. The Kier molecular flexibility index (Phi) is 17.5. The number of carbonyl (C=O) groups is 2. The summed E-state index contributed by atoms with van der Waals surface area (Å²) >= 11 is 0. The summed E-state index contributed by atoms with van der Waals surface area (Å²) in [5.74, 6) is 0.549. The monoisotopic (exact) mass is 262 g/mol. The van der Waals surface area contributed by atoms with Crippen molar-refractivity contribution in [1.29, 1.82) is 0 Å². The van der Waals surface area contributed by atoms with Crippen LogP contribution in [0.3, 0.4) is 0 Å². The number of ketones is 1. The third kappa shape index (κ3) is 29.4. The molecule has 0 heterocycles. The Bertz CT molecular complexity index is 195. The van der Waals surface area contributed by atoms with Crippen molar-refractivity contribution in [2.75, 3.05) is 6.61 Å². The number of Topliss-reactive ketones (excluding diaryl/α,β-unsaturated/α-hetero) is 1. The molecule has 0 fully saturated rings. The normalized spacial score (nSPS) is 9.33. The largest absolute Gasteiger partial charge is 0.466 e. The molecule has 0 amide bonds. The van der Waals surface area contributed by atoms with Crippen molar-refractivity contribution in [3.05, 3.63) is 0 Å². The fourth-order valence-corrected chi connectivity index (χ4v) is 0.870. The molecule has 0 aliphatic carbocycles. The van der Waals surface area contributed by atoms with Crippen LogP contribution in [0.5, 0.6) is 0 Å². The molecular formula is C14H30O4. The number of esters is 1. The fourth-order valence-electron chi connectivity index (χ4n) is 0.870. The first-order valence-electron chi connectivity index (χ1n) is 6.41. The summed E-state index contributed by atoms with van der Waals surface area (Å²) in [4.78, 5) is 20.7. The van der Waals surface area contributed by atoms with E-state index in [1.807, 2.05) is 27.7 Å². The van der Waals surface area contributed by atoms with Gasteiger partial charge in [-0.3, -0.25) is 9.59 Å². The molecule has 0 saturated carbocycles. The van der Waals surface area contributed by atoms with E-state index in [1.165, 1.54) is 6.92 Å². The predicted molar refractivity (Wildman–Crippen MR) is 74.3 cm³/mol. The maximum Gasteiger partial charge on any atom is 0.302 e. The first kappa shape index (κ1) is 22.3. The molecule has 0 saturated heterocycles. The van der Waals surface area contributed by atoms with Gasteiger partial charge in [0, 0.05) is 24.9 Å². The maximum atomic E-state index is 10.8. The number of aliphatic hydroxyl groups excluding tert-OH is 1. The van der Waals surface area contributed by atoms with Crippen LogP contribution >= 0.6 is 0 Å². The van der Waals surface area contributed by atoms with E-state index in [4.69, 9.17) is 5.11 Å². The van der Waals surface area contributed by atoms with Crippen molar-refractivity contribution in [3.63, 3.8) is 0 Å². The van der Waals surface area contributed by atoms with Crippen LogP contribution < -0.4 is 0 Å². The molecule has 0 aromatic heterocycles. The van der Waals surface area contributed by atoms with Gasteiger partial charge in [0.15, 0.2) is 0 Å². The zero-order valence-electron chi connectivity index (χ0n) is 13.1. The van der Waals surface area contributed by atoms with Crippen LogP contribution in [0.2, 0.25) is 0 Å². The first-order valence-corrected chi connectivity index (χ1v) is 6.41. The quantitative estimate of drug-likeness (QED) is 0.794. The lowest BCUT2D eigenvalue weighted by atomic mass is 9.99. The topological polar surface area (TPSA) is 63.6 Å². The smallest absolute Gasteiger partial charge is 0.302 e. The molecule has 0 atom stereocenters. The molecule has 110 valence electrons. The minimum absolute atomic E-state index is 0.167. The van der Waals surface area contributed by atoms with Gasteiger partial charge in [0.1, 0.15) is 5.78 Å². The van der Waals surface area contributed by atoms with Gasteiger partial charge < -0.3 is 9.84 Å². The van der Waals surface area contributed by atoms with Crippen LogP contribution in [0.4, 0.5) is 0 Å². The third-order valence-electron chi connectivity index (χ3n) is 1.49. The lowest BCUT2D eigenvalue weighted by Crippen LogP contribution is -2.13. The van der Waals surface area contributed by atoms with Gasteiger partial charge in [-0.1, -0.05) is 27.7 Å². The Labute approximate surface area is 112 Å².